The van der Waals surface area contributed by atoms with Crippen molar-refractivity contribution in [1.29, 1.82) is 0 Å². The minimum Gasteiger partial charge on any atom is -0.340 e. The zero-order valence-electron chi connectivity index (χ0n) is 8.54. The lowest BCUT2D eigenvalue weighted by Gasteiger charge is -2.08. The number of benzene rings is 1. The second-order valence-corrected chi connectivity index (χ2v) is 4.07. The van der Waals surface area contributed by atoms with E-state index in [0.717, 1.165) is 11.3 Å². The summed E-state index contributed by atoms with van der Waals surface area (Å²) >= 11 is 11.8. The third kappa shape index (κ3) is 2.43. The molecule has 2 rings (SSSR count). The lowest BCUT2D eigenvalue weighted by molar-refractivity contribution is 1.13. The number of nitrogens with one attached hydrogen (secondary N) is 1. The lowest BCUT2D eigenvalue weighted by atomic mass is 10.3. The van der Waals surface area contributed by atoms with Gasteiger partial charge in [-0.05, 0) is 25.1 Å². The van der Waals surface area contributed by atoms with Crippen LogP contribution in [0.3, 0.4) is 0 Å². The molecule has 3 nitrogen and oxygen atoms in total. The fraction of sp³-hybridized carbons (Fsp3) is 0.0909. The zero-order chi connectivity index (χ0) is 11.5. The quantitative estimate of drug-likeness (QED) is 0.827. The highest BCUT2D eigenvalue weighted by molar-refractivity contribution is 6.31. The van der Waals surface area contributed by atoms with Gasteiger partial charge >= 0.3 is 0 Å². The maximum Gasteiger partial charge on any atom is 0.138 e. The van der Waals surface area contributed by atoms with E-state index < -0.39 is 0 Å². The second-order valence-electron chi connectivity index (χ2n) is 3.27. The molecule has 0 aliphatic carbocycles. The molecule has 0 saturated carbocycles. The van der Waals surface area contributed by atoms with Gasteiger partial charge in [-0.2, -0.15) is 0 Å². The molecule has 0 saturated heterocycles. The van der Waals surface area contributed by atoms with Gasteiger partial charge in [0.15, 0.2) is 0 Å². The number of hydrogen-bond acceptors (Lipinski definition) is 3. The van der Waals surface area contributed by atoms with E-state index in [2.05, 4.69) is 15.3 Å². The summed E-state index contributed by atoms with van der Waals surface area (Å²) in [5, 5.41) is 4.25. The Morgan fingerprint density at radius 1 is 1.19 bits per heavy atom. The summed E-state index contributed by atoms with van der Waals surface area (Å²) in [4.78, 5) is 8.00. The highest BCUT2D eigenvalue weighted by atomic mass is 35.5. The lowest BCUT2D eigenvalue weighted by Crippen LogP contribution is -1.97. The summed E-state index contributed by atoms with van der Waals surface area (Å²) in [5.74, 6) is 0.683. The van der Waals surface area contributed by atoms with Gasteiger partial charge in [0.05, 0.1) is 0 Å². The monoisotopic (exact) mass is 253 g/mol. The first-order chi connectivity index (χ1) is 7.66. The van der Waals surface area contributed by atoms with Crippen LogP contribution in [0.15, 0.2) is 30.6 Å². The topological polar surface area (TPSA) is 37.8 Å². The maximum atomic E-state index is 5.89. The summed E-state index contributed by atoms with van der Waals surface area (Å²) < 4.78 is 0. The van der Waals surface area contributed by atoms with Gasteiger partial charge in [0.2, 0.25) is 0 Å². The number of rotatable bonds is 2. The van der Waals surface area contributed by atoms with Crippen molar-refractivity contribution in [3.8, 4) is 0 Å². The first-order valence-corrected chi connectivity index (χ1v) is 5.42. The van der Waals surface area contributed by atoms with E-state index in [4.69, 9.17) is 23.2 Å². The maximum absolute atomic E-state index is 5.89. The van der Waals surface area contributed by atoms with Gasteiger partial charge in [-0.1, -0.05) is 29.3 Å². The Morgan fingerprint density at radius 2 is 2.00 bits per heavy atom. The van der Waals surface area contributed by atoms with Crippen LogP contribution in [0.4, 0.5) is 11.5 Å². The summed E-state index contributed by atoms with van der Waals surface area (Å²) in [6, 6.07) is 7.40. The Balaban J connectivity index is 2.31. The molecule has 0 aliphatic heterocycles. The highest BCUT2D eigenvalue weighted by Crippen LogP contribution is 2.23. The van der Waals surface area contributed by atoms with Crippen LogP contribution in [0.25, 0.3) is 0 Å². The van der Waals surface area contributed by atoms with E-state index >= 15 is 0 Å². The molecule has 2 aromatic rings. The fourth-order valence-corrected chi connectivity index (χ4v) is 1.58. The van der Waals surface area contributed by atoms with Crippen molar-refractivity contribution >= 4 is 34.7 Å². The third-order valence-corrected chi connectivity index (χ3v) is 2.73. The molecule has 0 unspecified atom stereocenters. The summed E-state index contributed by atoms with van der Waals surface area (Å²) in [6.07, 6.45) is 1.42. The Hall–Kier alpha value is -1.32. The van der Waals surface area contributed by atoms with Crippen LogP contribution < -0.4 is 5.32 Å². The van der Waals surface area contributed by atoms with Crippen LogP contribution in [-0.4, -0.2) is 9.97 Å². The molecular weight excluding hydrogens is 245 g/mol. The number of aromatic nitrogens is 2. The van der Waals surface area contributed by atoms with Crippen LogP contribution in [0.2, 0.25) is 10.2 Å². The van der Waals surface area contributed by atoms with Gasteiger partial charge in [-0.15, -0.1) is 0 Å². The standard InChI is InChI=1S/C11H9Cl2N3/c1-7-10(13)14-6-15-11(7)16-9-4-2-3-8(12)5-9/h2-6H,1H3,(H,14,15,16). The Kier molecular flexibility index (Phi) is 3.27. The molecule has 5 heteroatoms. The SMILES string of the molecule is Cc1c(Cl)ncnc1Nc1cccc(Cl)c1. The van der Waals surface area contributed by atoms with Crippen molar-refractivity contribution in [1.82, 2.24) is 9.97 Å². The van der Waals surface area contributed by atoms with E-state index in [1.54, 1.807) is 0 Å². The van der Waals surface area contributed by atoms with Gasteiger partial charge in [0, 0.05) is 16.3 Å². The molecule has 0 fully saturated rings. The van der Waals surface area contributed by atoms with E-state index in [1.807, 2.05) is 31.2 Å². The normalized spacial score (nSPS) is 10.2. The number of halogens is 2. The molecule has 1 aromatic heterocycles. The molecule has 1 N–H and O–H groups in total. The first kappa shape index (κ1) is 11.2. The van der Waals surface area contributed by atoms with Crippen molar-refractivity contribution in [2.24, 2.45) is 0 Å². The molecule has 0 aliphatic rings. The van der Waals surface area contributed by atoms with Crippen molar-refractivity contribution in [2.75, 3.05) is 5.32 Å². The summed E-state index contributed by atoms with van der Waals surface area (Å²) in [6.45, 7) is 1.86. The summed E-state index contributed by atoms with van der Waals surface area (Å²) in [7, 11) is 0. The average molecular weight is 254 g/mol. The molecule has 82 valence electrons. The Morgan fingerprint density at radius 3 is 2.75 bits per heavy atom. The molecule has 1 aromatic carbocycles. The van der Waals surface area contributed by atoms with Crippen molar-refractivity contribution in [3.63, 3.8) is 0 Å². The number of hydrogen-bond donors (Lipinski definition) is 1. The fourth-order valence-electron chi connectivity index (χ4n) is 1.26. The molecule has 0 atom stereocenters. The number of nitrogens with zero attached hydrogens (tertiary/aromatic N) is 2. The van der Waals surface area contributed by atoms with Crippen LogP contribution >= 0.6 is 23.2 Å². The minimum absolute atomic E-state index is 0.444. The van der Waals surface area contributed by atoms with Crippen molar-refractivity contribution in [3.05, 3.63) is 46.3 Å². The molecule has 1 heterocycles. The van der Waals surface area contributed by atoms with Crippen LogP contribution in [-0.2, 0) is 0 Å². The smallest absolute Gasteiger partial charge is 0.138 e. The van der Waals surface area contributed by atoms with Gasteiger partial charge in [0.1, 0.15) is 17.3 Å². The second kappa shape index (κ2) is 4.68. The Bertz CT molecular complexity index is 514. The molecule has 0 spiro atoms. The zero-order valence-corrected chi connectivity index (χ0v) is 10.0. The van der Waals surface area contributed by atoms with Crippen molar-refractivity contribution < 1.29 is 0 Å². The molecule has 0 bridgehead atoms. The third-order valence-electron chi connectivity index (χ3n) is 2.11. The predicted molar refractivity (Wildman–Crippen MR) is 66.5 cm³/mol. The van der Waals surface area contributed by atoms with Crippen LogP contribution in [0.5, 0.6) is 0 Å². The Labute approximate surface area is 103 Å². The van der Waals surface area contributed by atoms with Crippen LogP contribution in [0, 0.1) is 6.92 Å². The van der Waals surface area contributed by atoms with Gasteiger partial charge in [0.25, 0.3) is 0 Å². The number of anilines is 2. The molecule has 0 amide bonds. The van der Waals surface area contributed by atoms with E-state index in [-0.39, 0.29) is 0 Å². The van der Waals surface area contributed by atoms with E-state index in [0.29, 0.717) is 16.0 Å². The van der Waals surface area contributed by atoms with Gasteiger partial charge in [-0.3, -0.25) is 0 Å². The predicted octanol–water partition coefficient (Wildman–Crippen LogP) is 3.84. The largest absolute Gasteiger partial charge is 0.340 e. The first-order valence-electron chi connectivity index (χ1n) is 4.66. The minimum atomic E-state index is 0.444. The molecular formula is C11H9Cl2N3. The van der Waals surface area contributed by atoms with Crippen molar-refractivity contribution in [2.45, 2.75) is 6.92 Å². The van der Waals surface area contributed by atoms with Gasteiger partial charge in [-0.25, -0.2) is 9.97 Å². The van der Waals surface area contributed by atoms with Gasteiger partial charge < -0.3 is 5.32 Å². The molecule has 0 radical (unpaired) electrons. The van der Waals surface area contributed by atoms with E-state index in [9.17, 15) is 0 Å². The molecule has 16 heavy (non-hydrogen) atoms. The average Bonchev–Trinajstić information content (AvgIpc) is 2.25. The highest BCUT2D eigenvalue weighted by Gasteiger charge is 2.04. The van der Waals surface area contributed by atoms with Crippen LogP contribution in [0.1, 0.15) is 5.56 Å². The van der Waals surface area contributed by atoms with E-state index in [1.165, 1.54) is 6.33 Å². The summed E-state index contributed by atoms with van der Waals surface area (Å²) in [5.41, 5.74) is 1.68.